The van der Waals surface area contributed by atoms with E-state index in [4.69, 9.17) is 28.4 Å². The van der Waals surface area contributed by atoms with Crippen LogP contribution in [0.4, 0.5) is 0 Å². The molecule has 5 rings (SSSR count). The summed E-state index contributed by atoms with van der Waals surface area (Å²) in [5, 5.41) is 33.3. The van der Waals surface area contributed by atoms with Crippen molar-refractivity contribution in [3.63, 3.8) is 0 Å². The molecule has 0 spiro atoms. The van der Waals surface area contributed by atoms with Crippen LogP contribution in [0.15, 0.2) is 35.5 Å². The van der Waals surface area contributed by atoms with Crippen molar-refractivity contribution in [1.29, 1.82) is 0 Å². The number of fused-ring (bicyclic) bond motifs is 3. The summed E-state index contributed by atoms with van der Waals surface area (Å²) < 4.78 is 35.4. The van der Waals surface area contributed by atoms with Gasteiger partial charge in [0.15, 0.2) is 0 Å². The van der Waals surface area contributed by atoms with Crippen LogP contribution >= 0.6 is 0 Å². The number of esters is 1. The van der Waals surface area contributed by atoms with Crippen LogP contribution in [-0.2, 0) is 47.6 Å². The molecule has 0 aromatic heterocycles. The lowest BCUT2D eigenvalue weighted by molar-refractivity contribution is -0.302. The molecule has 0 aromatic rings. The number of aliphatic hydroxyl groups excluding tert-OH is 1. The Bertz CT molecular complexity index is 1660. The third-order valence-corrected chi connectivity index (χ3v) is 14.4. The summed E-state index contributed by atoms with van der Waals surface area (Å²) in [6.45, 7) is 12.1. The number of hydrogen-bond donors (Lipinski definition) is 3. The number of carbonyl (C=O) groups excluding carboxylic acids is 4. The summed E-state index contributed by atoms with van der Waals surface area (Å²) in [7, 11) is 4.66. The molecule has 14 nitrogen and oxygen atoms in total. The van der Waals surface area contributed by atoms with Gasteiger partial charge in [0.05, 0.1) is 37.6 Å². The molecule has 0 unspecified atom stereocenters. The van der Waals surface area contributed by atoms with E-state index in [0.29, 0.717) is 44.9 Å². The Labute approximate surface area is 368 Å². The third kappa shape index (κ3) is 11.9. The second kappa shape index (κ2) is 21.9. The molecule has 14 atom stereocenters. The van der Waals surface area contributed by atoms with Crippen molar-refractivity contribution in [2.75, 3.05) is 41.1 Å². The van der Waals surface area contributed by atoms with Crippen LogP contribution in [0.1, 0.15) is 112 Å². The van der Waals surface area contributed by atoms with Gasteiger partial charge in [-0.3, -0.25) is 14.4 Å². The second-order valence-electron chi connectivity index (χ2n) is 19.4. The third-order valence-electron chi connectivity index (χ3n) is 14.4. The number of carbonyl (C=O) groups is 4. The van der Waals surface area contributed by atoms with Gasteiger partial charge in [0.2, 0.25) is 5.79 Å². The fourth-order valence-corrected chi connectivity index (χ4v) is 10.3. The topological polar surface area (TPSA) is 188 Å². The number of methoxy groups -OCH3 is 3. The van der Waals surface area contributed by atoms with Crippen molar-refractivity contribution >= 4 is 23.4 Å². The van der Waals surface area contributed by atoms with Gasteiger partial charge >= 0.3 is 5.97 Å². The summed E-state index contributed by atoms with van der Waals surface area (Å²) in [6.07, 6.45) is 9.05. The van der Waals surface area contributed by atoms with E-state index in [1.54, 1.807) is 20.1 Å². The molecule has 0 radical (unpaired) electrons. The highest BCUT2D eigenvalue weighted by Gasteiger charge is 2.56. The van der Waals surface area contributed by atoms with Crippen molar-refractivity contribution < 1.29 is 62.9 Å². The van der Waals surface area contributed by atoms with Gasteiger partial charge < -0.3 is 48.6 Å². The molecule has 2 bridgehead atoms. The Hall–Kier alpha value is -2.82. The molecule has 4 aliphatic heterocycles. The summed E-state index contributed by atoms with van der Waals surface area (Å²) in [4.78, 5) is 58.8. The zero-order valence-corrected chi connectivity index (χ0v) is 38.6. The van der Waals surface area contributed by atoms with Gasteiger partial charge in [-0.1, -0.05) is 57.6 Å². The van der Waals surface area contributed by atoms with E-state index >= 15 is 0 Å². The van der Waals surface area contributed by atoms with Crippen molar-refractivity contribution in [2.45, 2.75) is 166 Å². The van der Waals surface area contributed by atoms with E-state index in [9.17, 15) is 34.5 Å². The smallest absolute Gasteiger partial charge is 0.329 e. The number of cyclic esters (lactones) is 1. The first-order valence-corrected chi connectivity index (χ1v) is 22.9. The molecule has 3 saturated heterocycles. The number of rotatable bonds is 8. The summed E-state index contributed by atoms with van der Waals surface area (Å²) in [6, 6.07) is -1.09. The fourth-order valence-electron chi connectivity index (χ4n) is 10.3. The van der Waals surface area contributed by atoms with Crippen LogP contribution in [0.3, 0.4) is 0 Å². The van der Waals surface area contributed by atoms with Crippen LogP contribution in [0.2, 0.25) is 0 Å². The van der Waals surface area contributed by atoms with E-state index in [2.05, 4.69) is 13.0 Å². The Morgan fingerprint density at radius 2 is 1.58 bits per heavy atom. The number of hydrogen-bond acceptors (Lipinski definition) is 13. The van der Waals surface area contributed by atoms with Gasteiger partial charge in [-0.15, -0.1) is 0 Å². The van der Waals surface area contributed by atoms with Crippen LogP contribution < -0.4 is 0 Å². The van der Waals surface area contributed by atoms with Crippen LogP contribution in [0, 0.1) is 35.5 Å². The van der Waals surface area contributed by atoms with Crippen LogP contribution in [0.25, 0.3) is 0 Å². The molecule has 0 aromatic carbocycles. The number of Topliss-reactive ketones (excluding diaryl/α,β-unsaturated/α-hetero) is 2. The monoisotopic (exact) mass is 874 g/mol. The predicted octanol–water partition coefficient (Wildman–Crippen LogP) is 5.05. The zero-order valence-electron chi connectivity index (χ0n) is 38.6. The minimum absolute atomic E-state index is 0.00801. The van der Waals surface area contributed by atoms with Crippen molar-refractivity contribution in [3.05, 3.63) is 35.5 Å². The SMILES string of the molecule is CO[C@H]1C[C@@H](C)C/C(C)=C/[C@@H](C/C=C/C2(O)COC2)C(=O)C[C@H](C)[C@@H](C)[C@@H](/C(C)=C/[C@@H]2CC[C@@H](O)[C@H](OC)C2)OC(=O)[C@@H]2CCCCN2C(=O)C(=O)[C@]2(O)O[C@H]1[C@@H](OC)C[C@H]2C. The standard InChI is InChI=1S/C48H75NO13/c1-28-19-29(2)21-40(58-8)43-41(59-9)24-32(5)48(56,62-43)44(52)45(53)49-18-11-10-14-36(49)46(54)61-42(31(4)22-34-15-16-37(50)39(25-34)57-7)33(6)30(3)23-38(51)35(20-28)13-12-17-47(55)26-60-27-47/h12,17,20,22,29-30,32-37,39-43,50,55-56H,10-11,13-16,18-19,21,23-27H2,1-9H3/b17-12+,28-20+,31-22+/t29-,30-,32+,33+,34-,35+,36-,37+,39+,40-,41-,42+,43+,48+/m0/s1. The number of ether oxygens (including phenoxy) is 6. The van der Waals surface area contributed by atoms with Gasteiger partial charge in [-0.25, -0.2) is 4.79 Å². The minimum atomic E-state index is -2.50. The molecule has 1 aliphatic carbocycles. The van der Waals surface area contributed by atoms with E-state index < -0.39 is 77.4 Å². The van der Waals surface area contributed by atoms with E-state index in [-0.39, 0.29) is 74.6 Å². The molecule has 3 N–H and O–H groups in total. The Morgan fingerprint density at radius 3 is 2.23 bits per heavy atom. The molecule has 4 fully saturated rings. The summed E-state index contributed by atoms with van der Waals surface area (Å²) >= 11 is 0. The lowest BCUT2D eigenvalue weighted by Gasteiger charge is -2.47. The lowest BCUT2D eigenvalue weighted by atomic mass is 9.79. The molecule has 4 heterocycles. The van der Waals surface area contributed by atoms with Crippen molar-refractivity contribution in [3.8, 4) is 0 Å². The molecule has 1 saturated carbocycles. The molecule has 350 valence electrons. The highest BCUT2D eigenvalue weighted by atomic mass is 16.7. The number of piperidine rings is 1. The molecule has 62 heavy (non-hydrogen) atoms. The first-order chi connectivity index (χ1) is 29.3. The summed E-state index contributed by atoms with van der Waals surface area (Å²) in [5.74, 6) is -7.17. The first-order valence-electron chi connectivity index (χ1n) is 22.9. The highest BCUT2D eigenvalue weighted by molar-refractivity contribution is 6.39. The highest BCUT2D eigenvalue weighted by Crippen LogP contribution is 2.40. The molecule has 5 aliphatic rings. The first kappa shape index (κ1) is 50.2. The van der Waals surface area contributed by atoms with E-state index in [1.807, 2.05) is 39.8 Å². The number of nitrogens with zero attached hydrogens (tertiary/aromatic N) is 1. The normalized spacial score (nSPS) is 40.8. The van der Waals surface area contributed by atoms with Gasteiger partial charge in [0.1, 0.15) is 29.6 Å². The predicted molar refractivity (Wildman–Crippen MR) is 230 cm³/mol. The summed E-state index contributed by atoms with van der Waals surface area (Å²) in [5.41, 5.74) is 0.730. The fraction of sp³-hybridized carbons (Fsp3) is 0.792. The van der Waals surface area contributed by atoms with E-state index in [1.165, 1.54) is 19.1 Å². The van der Waals surface area contributed by atoms with Gasteiger partial charge in [-0.05, 0) is 101 Å². The zero-order chi connectivity index (χ0) is 45.5. The molecular formula is C48H75NO13. The molecule has 1 amide bonds. The van der Waals surface area contributed by atoms with Crippen molar-refractivity contribution in [1.82, 2.24) is 4.90 Å². The van der Waals surface area contributed by atoms with Crippen LogP contribution in [-0.4, -0.2) is 139 Å². The Morgan fingerprint density at radius 1 is 0.903 bits per heavy atom. The number of ketones is 2. The van der Waals surface area contributed by atoms with Crippen molar-refractivity contribution in [2.24, 2.45) is 35.5 Å². The number of amides is 1. The largest absolute Gasteiger partial charge is 0.456 e. The van der Waals surface area contributed by atoms with Crippen LogP contribution in [0.5, 0.6) is 0 Å². The number of allylic oxidation sites excluding steroid dienone is 4. The maximum Gasteiger partial charge on any atom is 0.329 e. The Kier molecular flexibility index (Phi) is 17.7. The quantitative estimate of drug-likeness (QED) is 0.167. The maximum atomic E-state index is 14.5. The van der Waals surface area contributed by atoms with E-state index in [0.717, 1.165) is 17.6 Å². The second-order valence-corrected chi connectivity index (χ2v) is 19.4. The van der Waals surface area contributed by atoms with Gasteiger partial charge in [0.25, 0.3) is 11.7 Å². The maximum absolute atomic E-state index is 14.5. The van der Waals surface area contributed by atoms with Gasteiger partial charge in [-0.2, -0.15) is 0 Å². The molecular weight excluding hydrogens is 799 g/mol. The Balaban J connectivity index is 1.55. The molecule has 14 heteroatoms. The average molecular weight is 874 g/mol. The average Bonchev–Trinajstić information content (AvgIpc) is 3.23. The van der Waals surface area contributed by atoms with Gasteiger partial charge in [0, 0.05) is 52.0 Å². The minimum Gasteiger partial charge on any atom is -0.456 e. The lowest BCUT2D eigenvalue weighted by Crippen LogP contribution is -2.64. The number of aliphatic hydroxyl groups is 3.